The predicted molar refractivity (Wildman–Crippen MR) is 117 cm³/mol. The van der Waals surface area contributed by atoms with E-state index >= 15 is 0 Å². The fraction of sp³-hybridized carbons (Fsp3) is 0.200. The molecule has 146 valence electrons. The highest BCUT2D eigenvalue weighted by molar-refractivity contribution is 6.14. The van der Waals surface area contributed by atoms with E-state index in [1.807, 2.05) is 54.6 Å². The minimum absolute atomic E-state index is 0.0943. The Morgan fingerprint density at radius 2 is 1.55 bits per heavy atom. The van der Waals surface area contributed by atoms with Crippen molar-refractivity contribution in [3.05, 3.63) is 95.6 Å². The van der Waals surface area contributed by atoms with Crippen LogP contribution in [0.1, 0.15) is 30.0 Å². The zero-order chi connectivity index (χ0) is 20.2. The van der Waals surface area contributed by atoms with Crippen molar-refractivity contribution >= 4 is 23.2 Å². The van der Waals surface area contributed by atoms with Crippen molar-refractivity contribution in [1.82, 2.24) is 0 Å². The monoisotopic (exact) mass is 384 g/mol. The van der Waals surface area contributed by atoms with Crippen LogP contribution in [0.2, 0.25) is 0 Å². The Bertz CT molecular complexity index is 988. The third-order valence-corrected chi connectivity index (χ3v) is 5.34. The van der Waals surface area contributed by atoms with Crippen molar-refractivity contribution in [2.24, 2.45) is 4.99 Å². The number of hydrogen-bond donors (Lipinski definition) is 0. The van der Waals surface area contributed by atoms with Crippen LogP contribution in [0.5, 0.6) is 0 Å². The number of fused-ring (bicyclic) bond motifs is 1. The number of aliphatic imine (C=N–C) groups is 1. The molecule has 4 nitrogen and oxygen atoms in total. The van der Waals surface area contributed by atoms with Gasteiger partial charge in [-0.1, -0.05) is 66.7 Å². The van der Waals surface area contributed by atoms with Crippen molar-refractivity contribution in [2.45, 2.75) is 25.8 Å². The fourth-order valence-electron chi connectivity index (χ4n) is 3.85. The van der Waals surface area contributed by atoms with E-state index in [0.29, 0.717) is 0 Å². The molecule has 4 heteroatoms. The van der Waals surface area contributed by atoms with Crippen LogP contribution in [-0.4, -0.2) is 25.0 Å². The number of rotatable bonds is 3. The summed E-state index contributed by atoms with van der Waals surface area (Å²) in [5.41, 5.74) is 5.90. The molecule has 1 aliphatic rings. The highest BCUT2D eigenvalue weighted by atomic mass is 16.5. The number of anilines is 1. The lowest BCUT2D eigenvalue weighted by Crippen LogP contribution is -2.42. The van der Waals surface area contributed by atoms with Gasteiger partial charge < -0.3 is 4.74 Å². The molecule has 0 N–H and O–H groups in total. The Labute approximate surface area is 171 Å². The number of carbonyl (C=O) groups is 1. The van der Waals surface area contributed by atoms with Crippen LogP contribution in [-0.2, 0) is 11.2 Å². The summed E-state index contributed by atoms with van der Waals surface area (Å²) >= 11 is 0. The van der Waals surface area contributed by atoms with E-state index in [2.05, 4.69) is 31.2 Å². The minimum atomic E-state index is -0.328. The van der Waals surface area contributed by atoms with Crippen molar-refractivity contribution in [3.63, 3.8) is 0 Å². The molecule has 0 spiro atoms. The highest BCUT2D eigenvalue weighted by Crippen LogP contribution is 2.37. The molecule has 1 atom stereocenters. The van der Waals surface area contributed by atoms with Crippen LogP contribution in [0.4, 0.5) is 16.2 Å². The number of ether oxygens (including phenoxy) is 1. The van der Waals surface area contributed by atoms with Gasteiger partial charge in [0.15, 0.2) is 0 Å². The topological polar surface area (TPSA) is 41.9 Å². The second-order valence-electron chi connectivity index (χ2n) is 7.20. The van der Waals surface area contributed by atoms with Gasteiger partial charge in [-0.25, -0.2) is 9.79 Å². The van der Waals surface area contributed by atoms with Gasteiger partial charge in [0.05, 0.1) is 24.2 Å². The molecule has 0 saturated carbocycles. The molecule has 4 rings (SSSR count). The molecule has 29 heavy (non-hydrogen) atoms. The lowest BCUT2D eigenvalue weighted by atomic mass is 9.95. The normalized spacial score (nSPS) is 15.4. The number of amides is 1. The van der Waals surface area contributed by atoms with E-state index in [0.717, 1.165) is 46.6 Å². The van der Waals surface area contributed by atoms with Gasteiger partial charge in [-0.05, 0) is 31.9 Å². The smallest absolute Gasteiger partial charge is 0.414 e. The van der Waals surface area contributed by atoms with Crippen LogP contribution in [0, 0.1) is 0 Å². The molecule has 0 aliphatic carbocycles. The number of nitrogens with zero attached hydrogens (tertiary/aromatic N) is 2. The molecule has 0 unspecified atom stereocenters. The van der Waals surface area contributed by atoms with Gasteiger partial charge in [0.25, 0.3) is 0 Å². The summed E-state index contributed by atoms with van der Waals surface area (Å²) in [6.07, 6.45) is 1.42. The zero-order valence-corrected chi connectivity index (χ0v) is 16.7. The van der Waals surface area contributed by atoms with Gasteiger partial charge >= 0.3 is 6.09 Å². The summed E-state index contributed by atoms with van der Waals surface area (Å²) in [6.45, 7) is 2.05. The van der Waals surface area contributed by atoms with E-state index in [4.69, 9.17) is 9.73 Å². The van der Waals surface area contributed by atoms with Crippen molar-refractivity contribution in [2.75, 3.05) is 12.0 Å². The van der Waals surface area contributed by atoms with Gasteiger partial charge in [-0.2, -0.15) is 0 Å². The Hall–Kier alpha value is -3.40. The summed E-state index contributed by atoms with van der Waals surface area (Å²) in [5.74, 6) is 0. The second-order valence-corrected chi connectivity index (χ2v) is 7.20. The molecule has 0 bridgehead atoms. The number of hydrogen-bond acceptors (Lipinski definition) is 3. The van der Waals surface area contributed by atoms with E-state index in [9.17, 15) is 4.79 Å². The van der Waals surface area contributed by atoms with E-state index in [-0.39, 0.29) is 12.1 Å². The predicted octanol–water partition coefficient (Wildman–Crippen LogP) is 5.76. The second kappa shape index (κ2) is 8.31. The molecule has 0 radical (unpaired) electrons. The van der Waals surface area contributed by atoms with Gasteiger partial charge in [0.2, 0.25) is 0 Å². The summed E-state index contributed by atoms with van der Waals surface area (Å²) in [4.78, 5) is 19.2. The first-order chi connectivity index (χ1) is 14.2. The summed E-state index contributed by atoms with van der Waals surface area (Å²) in [6, 6.07) is 26.5. The van der Waals surface area contributed by atoms with Crippen molar-refractivity contribution < 1.29 is 9.53 Å². The minimum Gasteiger partial charge on any atom is -0.452 e. The van der Waals surface area contributed by atoms with Crippen molar-refractivity contribution in [3.8, 4) is 0 Å². The molecule has 0 fully saturated rings. The van der Waals surface area contributed by atoms with E-state index in [1.165, 1.54) is 7.11 Å². The maximum Gasteiger partial charge on any atom is 0.414 e. The zero-order valence-electron chi connectivity index (χ0n) is 16.7. The molecule has 3 aromatic carbocycles. The lowest BCUT2D eigenvalue weighted by Gasteiger charge is -2.34. The Kier molecular flexibility index (Phi) is 5.43. The van der Waals surface area contributed by atoms with Gasteiger partial charge in [-0.15, -0.1) is 0 Å². The summed E-state index contributed by atoms with van der Waals surface area (Å²) in [7, 11) is 1.42. The standard InChI is InChI=1S/C25H24N2O2/c1-18-16-17-21-22(14-9-15-23(21)27(18)25(28)29-2)26-24(19-10-5-3-6-11-19)20-12-7-4-8-13-20/h3-15,18H,16-17H2,1-2H3/t18-/m0/s1. The van der Waals surface area contributed by atoms with Gasteiger partial charge in [-0.3, -0.25) is 4.90 Å². The molecule has 1 amide bonds. The third-order valence-electron chi connectivity index (χ3n) is 5.34. The Balaban J connectivity index is 1.86. The maximum absolute atomic E-state index is 12.4. The van der Waals surface area contributed by atoms with Crippen LogP contribution >= 0.6 is 0 Å². The van der Waals surface area contributed by atoms with Gasteiger partial charge in [0.1, 0.15) is 0 Å². The van der Waals surface area contributed by atoms with Crippen LogP contribution < -0.4 is 4.90 Å². The Morgan fingerprint density at radius 1 is 0.931 bits per heavy atom. The molecule has 3 aromatic rings. The molecule has 1 heterocycles. The SMILES string of the molecule is COC(=O)N1c2cccc(N=C(c3ccccc3)c3ccccc3)c2CC[C@@H]1C. The molecule has 0 aromatic heterocycles. The first-order valence-corrected chi connectivity index (χ1v) is 9.87. The first kappa shape index (κ1) is 18.9. The summed E-state index contributed by atoms with van der Waals surface area (Å²) in [5, 5.41) is 0. The van der Waals surface area contributed by atoms with Crippen molar-refractivity contribution in [1.29, 1.82) is 0 Å². The number of benzene rings is 3. The average molecular weight is 384 g/mol. The summed E-state index contributed by atoms with van der Waals surface area (Å²) < 4.78 is 5.03. The van der Waals surface area contributed by atoms with Gasteiger partial charge in [0, 0.05) is 22.7 Å². The first-order valence-electron chi connectivity index (χ1n) is 9.87. The largest absolute Gasteiger partial charge is 0.452 e. The fourth-order valence-corrected chi connectivity index (χ4v) is 3.85. The van der Waals surface area contributed by atoms with Crippen LogP contribution in [0.3, 0.4) is 0 Å². The molecular formula is C25H24N2O2. The van der Waals surface area contributed by atoms with E-state index < -0.39 is 0 Å². The number of methoxy groups -OCH3 is 1. The maximum atomic E-state index is 12.4. The number of carbonyl (C=O) groups excluding carboxylic acids is 1. The lowest BCUT2D eigenvalue weighted by molar-refractivity contribution is 0.175. The van der Waals surface area contributed by atoms with E-state index in [1.54, 1.807) is 4.90 Å². The molecule has 0 saturated heterocycles. The Morgan fingerprint density at radius 3 is 2.14 bits per heavy atom. The van der Waals surface area contributed by atoms with Crippen LogP contribution in [0.15, 0.2) is 83.9 Å². The third kappa shape index (κ3) is 3.79. The van der Waals surface area contributed by atoms with Crippen LogP contribution in [0.25, 0.3) is 0 Å². The average Bonchev–Trinajstić information content (AvgIpc) is 2.78. The molecule has 1 aliphatic heterocycles. The highest BCUT2D eigenvalue weighted by Gasteiger charge is 2.30. The quantitative estimate of drug-likeness (QED) is 0.539. The molecular weight excluding hydrogens is 360 g/mol.